The highest BCUT2D eigenvalue weighted by Crippen LogP contribution is 2.43. The number of aliphatic hydroxyl groups is 2. The quantitative estimate of drug-likeness (QED) is 0.596. The third kappa shape index (κ3) is 1.04. The van der Waals surface area contributed by atoms with Gasteiger partial charge in [-0.2, -0.15) is 0 Å². The average molecular weight is 223 g/mol. The van der Waals surface area contributed by atoms with Gasteiger partial charge in [-0.05, 0) is 24.1 Å². The zero-order chi connectivity index (χ0) is 11.4. The lowest BCUT2D eigenvalue weighted by Gasteiger charge is -2.28. The Balaban J connectivity index is 2.11. The molecule has 1 saturated carbocycles. The summed E-state index contributed by atoms with van der Waals surface area (Å²) in [6.45, 7) is 2.07. The second-order valence-electron chi connectivity index (χ2n) is 4.32. The Morgan fingerprint density at radius 3 is 3.00 bits per heavy atom. The van der Waals surface area contributed by atoms with Gasteiger partial charge in [-0.1, -0.05) is 6.08 Å². The third-order valence-electron chi connectivity index (χ3n) is 3.47. The van der Waals surface area contributed by atoms with Crippen LogP contribution in [0.3, 0.4) is 0 Å². The minimum Gasteiger partial charge on any atom is -0.440 e. The predicted molar refractivity (Wildman–Crippen MR) is 54.6 cm³/mol. The molecule has 0 unspecified atom stereocenters. The normalized spacial score (nSPS) is 43.4. The Hall–Kier alpha value is -1.33. The number of hydrogen-bond donors (Lipinski definition) is 2. The van der Waals surface area contributed by atoms with Crippen molar-refractivity contribution < 1.29 is 19.7 Å². The molecular weight excluding hydrogens is 210 g/mol. The largest absolute Gasteiger partial charge is 0.440 e. The number of ether oxygens (including phenoxy) is 1. The maximum atomic E-state index is 11.5. The highest BCUT2D eigenvalue weighted by atomic mass is 16.6. The van der Waals surface area contributed by atoms with Crippen LogP contribution in [0, 0.1) is 0 Å². The molecule has 0 radical (unpaired) electrons. The molecule has 1 amide bonds. The summed E-state index contributed by atoms with van der Waals surface area (Å²) < 4.78 is 5.14. The van der Waals surface area contributed by atoms with E-state index in [0.29, 0.717) is 0 Å². The van der Waals surface area contributed by atoms with Gasteiger partial charge in [-0.3, -0.25) is 4.90 Å². The van der Waals surface area contributed by atoms with Crippen LogP contribution in [-0.4, -0.2) is 52.1 Å². The summed E-state index contributed by atoms with van der Waals surface area (Å²) in [6, 6.07) is -0.225. The van der Waals surface area contributed by atoms with Crippen molar-refractivity contribution in [2.24, 2.45) is 0 Å². The van der Waals surface area contributed by atoms with E-state index >= 15 is 0 Å². The third-order valence-corrected chi connectivity index (χ3v) is 3.47. The van der Waals surface area contributed by atoms with Crippen LogP contribution in [0.25, 0.3) is 0 Å². The molecule has 2 fully saturated rings. The molecule has 0 bridgehead atoms. The SMILES string of the molecule is CC=C1C2=C[C@@H](O)CN3C(=O)O[C@H]([C@H]1O)[C@H]23. The molecule has 5 heteroatoms. The lowest BCUT2D eigenvalue weighted by Crippen LogP contribution is -2.44. The Morgan fingerprint density at radius 1 is 1.56 bits per heavy atom. The van der Waals surface area contributed by atoms with Crippen LogP contribution >= 0.6 is 0 Å². The lowest BCUT2D eigenvalue weighted by molar-refractivity contribution is 0.0581. The van der Waals surface area contributed by atoms with Gasteiger partial charge >= 0.3 is 6.09 Å². The number of hydrogen-bond acceptors (Lipinski definition) is 4. The Kier molecular flexibility index (Phi) is 1.90. The molecule has 0 spiro atoms. The van der Waals surface area contributed by atoms with Crippen molar-refractivity contribution in [1.29, 1.82) is 0 Å². The van der Waals surface area contributed by atoms with E-state index < -0.39 is 24.4 Å². The molecule has 0 aromatic heterocycles. The van der Waals surface area contributed by atoms with Crippen molar-refractivity contribution in [3.8, 4) is 0 Å². The molecule has 3 rings (SSSR count). The van der Waals surface area contributed by atoms with Crippen LogP contribution in [0.2, 0.25) is 0 Å². The smallest absolute Gasteiger partial charge is 0.410 e. The molecule has 2 heterocycles. The van der Waals surface area contributed by atoms with Crippen LogP contribution in [0.5, 0.6) is 0 Å². The highest BCUT2D eigenvalue weighted by Gasteiger charge is 2.56. The standard InChI is InChI=1S/C11H13NO4/c1-2-6-7-3-5(13)4-12-8(7)10(9(6)14)16-11(12)15/h2-3,5,8-10,13-14H,4H2,1H3/t5-,8+,9+,10+/m1/s1. The molecule has 2 aliphatic heterocycles. The van der Waals surface area contributed by atoms with Crippen LogP contribution in [0.4, 0.5) is 4.79 Å². The summed E-state index contributed by atoms with van der Waals surface area (Å²) in [5, 5.41) is 19.7. The summed E-state index contributed by atoms with van der Waals surface area (Å²) in [5.41, 5.74) is 1.58. The van der Waals surface area contributed by atoms with E-state index in [4.69, 9.17) is 4.74 Å². The van der Waals surface area contributed by atoms with Gasteiger partial charge in [-0.25, -0.2) is 4.79 Å². The van der Waals surface area contributed by atoms with Gasteiger partial charge in [0.2, 0.25) is 0 Å². The molecule has 4 atom stereocenters. The minimum atomic E-state index is -0.777. The maximum absolute atomic E-state index is 11.5. The molecule has 5 nitrogen and oxygen atoms in total. The second kappa shape index (κ2) is 3.09. The fraction of sp³-hybridized carbons (Fsp3) is 0.545. The van der Waals surface area contributed by atoms with Gasteiger partial charge in [0.15, 0.2) is 6.10 Å². The molecule has 1 aliphatic carbocycles. The average Bonchev–Trinajstić information content (AvgIpc) is 2.69. The maximum Gasteiger partial charge on any atom is 0.410 e. The summed E-state index contributed by atoms with van der Waals surface area (Å²) in [5.74, 6) is 0. The molecule has 0 aromatic rings. The van der Waals surface area contributed by atoms with E-state index in [9.17, 15) is 15.0 Å². The summed E-state index contributed by atoms with van der Waals surface area (Å²) >= 11 is 0. The first kappa shape index (κ1) is 9.86. The zero-order valence-corrected chi connectivity index (χ0v) is 8.83. The highest BCUT2D eigenvalue weighted by molar-refractivity contribution is 5.75. The number of nitrogens with zero attached hydrogens (tertiary/aromatic N) is 1. The molecule has 86 valence electrons. The number of aliphatic hydroxyl groups excluding tert-OH is 2. The van der Waals surface area contributed by atoms with E-state index in [1.54, 1.807) is 12.2 Å². The lowest BCUT2D eigenvalue weighted by atomic mass is 9.99. The molecule has 16 heavy (non-hydrogen) atoms. The fourth-order valence-corrected chi connectivity index (χ4v) is 2.82. The molecular formula is C11H13NO4. The van der Waals surface area contributed by atoms with Crippen LogP contribution in [0.1, 0.15) is 6.92 Å². The number of carbonyl (C=O) groups is 1. The summed E-state index contributed by atoms with van der Waals surface area (Å²) in [7, 11) is 0. The van der Waals surface area contributed by atoms with Gasteiger partial charge in [0.05, 0.1) is 12.6 Å². The monoisotopic (exact) mass is 223 g/mol. The van der Waals surface area contributed by atoms with E-state index in [-0.39, 0.29) is 12.6 Å². The molecule has 0 aromatic carbocycles. The van der Waals surface area contributed by atoms with E-state index in [2.05, 4.69) is 0 Å². The first-order chi connectivity index (χ1) is 7.63. The predicted octanol–water partition coefficient (Wildman–Crippen LogP) is -0.202. The van der Waals surface area contributed by atoms with Gasteiger partial charge < -0.3 is 14.9 Å². The van der Waals surface area contributed by atoms with Crippen molar-refractivity contribution in [3.63, 3.8) is 0 Å². The van der Waals surface area contributed by atoms with Crippen molar-refractivity contribution >= 4 is 6.09 Å². The first-order valence-electron chi connectivity index (χ1n) is 5.35. The number of allylic oxidation sites excluding steroid dienone is 1. The van der Waals surface area contributed by atoms with Gasteiger partial charge in [0.25, 0.3) is 0 Å². The van der Waals surface area contributed by atoms with E-state index in [1.165, 1.54) is 4.90 Å². The summed E-state index contributed by atoms with van der Waals surface area (Å²) in [4.78, 5) is 13.0. The van der Waals surface area contributed by atoms with Gasteiger partial charge in [-0.15, -0.1) is 0 Å². The number of rotatable bonds is 0. The van der Waals surface area contributed by atoms with Crippen LogP contribution < -0.4 is 0 Å². The van der Waals surface area contributed by atoms with E-state index in [1.807, 2.05) is 6.92 Å². The van der Waals surface area contributed by atoms with Crippen molar-refractivity contribution in [1.82, 2.24) is 4.90 Å². The Morgan fingerprint density at radius 2 is 2.31 bits per heavy atom. The Bertz CT molecular complexity index is 414. The van der Waals surface area contributed by atoms with Crippen molar-refractivity contribution in [2.75, 3.05) is 6.54 Å². The molecule has 2 N–H and O–H groups in total. The van der Waals surface area contributed by atoms with Gasteiger partial charge in [0.1, 0.15) is 12.1 Å². The second-order valence-corrected chi connectivity index (χ2v) is 4.32. The minimum absolute atomic E-state index is 0.225. The zero-order valence-electron chi connectivity index (χ0n) is 8.83. The molecule has 3 aliphatic rings. The number of carbonyl (C=O) groups excluding carboxylic acids is 1. The van der Waals surface area contributed by atoms with Gasteiger partial charge in [0, 0.05) is 0 Å². The van der Waals surface area contributed by atoms with E-state index in [0.717, 1.165) is 11.1 Å². The molecule has 1 saturated heterocycles. The first-order valence-corrected chi connectivity index (χ1v) is 5.35. The van der Waals surface area contributed by atoms with Crippen LogP contribution in [-0.2, 0) is 4.74 Å². The van der Waals surface area contributed by atoms with Crippen molar-refractivity contribution in [2.45, 2.75) is 31.3 Å². The summed E-state index contributed by atoms with van der Waals surface area (Å²) in [6.07, 6.45) is 1.09. The van der Waals surface area contributed by atoms with Crippen molar-refractivity contribution in [3.05, 3.63) is 23.3 Å². The topological polar surface area (TPSA) is 70.0 Å². The van der Waals surface area contributed by atoms with Crippen LogP contribution in [0.15, 0.2) is 23.3 Å². The number of amides is 1. The fourth-order valence-electron chi connectivity index (χ4n) is 2.82. The Labute approximate surface area is 92.6 Å².